The number of likely N-dealkylation sites (N-methyl/N-ethyl adjacent to an activating group) is 1. The Morgan fingerprint density at radius 3 is 2.63 bits per heavy atom. The zero-order valence-electron chi connectivity index (χ0n) is 11.2. The zero-order valence-corrected chi connectivity index (χ0v) is 11.2. The molecular formula is C11H19F3N4O. The second-order valence-corrected chi connectivity index (χ2v) is 4.53. The first kappa shape index (κ1) is 15.9. The summed E-state index contributed by atoms with van der Waals surface area (Å²) in [4.78, 5) is 4.12. The summed E-state index contributed by atoms with van der Waals surface area (Å²) in [6.07, 6.45) is -2.39. The molecule has 0 saturated heterocycles. The molecule has 0 radical (unpaired) electrons. The van der Waals surface area contributed by atoms with Crippen LogP contribution in [0.5, 0.6) is 0 Å². The average molecular weight is 280 g/mol. The minimum atomic E-state index is -4.30. The Morgan fingerprint density at radius 2 is 2.11 bits per heavy atom. The highest BCUT2D eigenvalue weighted by Gasteiger charge is 2.28. The molecule has 1 heterocycles. The fraction of sp³-hybridized carbons (Fsp3) is 0.818. The Morgan fingerprint density at radius 1 is 1.42 bits per heavy atom. The van der Waals surface area contributed by atoms with Gasteiger partial charge in [0.2, 0.25) is 0 Å². The predicted molar refractivity (Wildman–Crippen MR) is 63.8 cm³/mol. The van der Waals surface area contributed by atoms with Crippen molar-refractivity contribution < 1.29 is 17.9 Å². The molecule has 1 atom stereocenters. The Kier molecular flexibility index (Phi) is 5.74. The number of hydrogen-bond acceptors (Lipinski definition) is 4. The first-order chi connectivity index (χ1) is 8.83. The largest absolute Gasteiger partial charge is 0.411 e. The molecule has 1 aromatic rings. The summed E-state index contributed by atoms with van der Waals surface area (Å²) in [6.45, 7) is 2.67. The van der Waals surface area contributed by atoms with Crippen molar-refractivity contribution in [3.8, 4) is 0 Å². The number of rotatable bonds is 7. The number of aromatic nitrogens is 3. The lowest BCUT2D eigenvalue weighted by atomic mass is 10.2. The van der Waals surface area contributed by atoms with Gasteiger partial charge in [-0.2, -0.15) is 18.3 Å². The predicted octanol–water partition coefficient (Wildman–Crippen LogP) is 1.57. The second-order valence-electron chi connectivity index (χ2n) is 4.53. The normalized spacial score (nSPS) is 14.1. The molecule has 1 unspecified atom stereocenters. The molecule has 1 N–H and O–H groups in total. The summed E-state index contributed by atoms with van der Waals surface area (Å²) in [5.41, 5.74) is 0. The highest BCUT2D eigenvalue weighted by atomic mass is 19.4. The molecule has 5 nitrogen and oxygen atoms in total. The topological polar surface area (TPSA) is 52.0 Å². The third kappa shape index (κ3) is 5.56. The fourth-order valence-corrected chi connectivity index (χ4v) is 1.63. The van der Waals surface area contributed by atoms with E-state index in [-0.39, 0.29) is 18.7 Å². The molecule has 8 heteroatoms. The van der Waals surface area contributed by atoms with Crippen LogP contribution in [0.3, 0.4) is 0 Å². The summed E-state index contributed by atoms with van der Waals surface area (Å²) in [7, 11) is 1.68. The summed E-state index contributed by atoms with van der Waals surface area (Å²) in [6, 6.07) is -0.0739. The van der Waals surface area contributed by atoms with Gasteiger partial charge in [0.1, 0.15) is 18.8 Å². The van der Waals surface area contributed by atoms with Crippen molar-refractivity contribution >= 4 is 0 Å². The van der Waals surface area contributed by atoms with E-state index >= 15 is 0 Å². The summed E-state index contributed by atoms with van der Waals surface area (Å²) in [5.74, 6) is 0.727. The lowest BCUT2D eigenvalue weighted by Gasteiger charge is -2.18. The molecular weight excluding hydrogens is 261 g/mol. The van der Waals surface area contributed by atoms with Gasteiger partial charge in [-0.05, 0) is 20.9 Å². The van der Waals surface area contributed by atoms with Gasteiger partial charge >= 0.3 is 6.18 Å². The Hall–Kier alpha value is -1.15. The third-order valence-corrected chi connectivity index (χ3v) is 2.56. The van der Waals surface area contributed by atoms with Crippen LogP contribution < -0.4 is 5.32 Å². The summed E-state index contributed by atoms with van der Waals surface area (Å²) >= 11 is 0. The Bertz CT molecular complexity index is 378. The lowest BCUT2D eigenvalue weighted by molar-refractivity contribution is -0.175. The van der Waals surface area contributed by atoms with E-state index in [1.54, 1.807) is 11.7 Å². The van der Waals surface area contributed by atoms with Crippen LogP contribution in [0.4, 0.5) is 13.2 Å². The third-order valence-electron chi connectivity index (χ3n) is 2.56. The molecule has 19 heavy (non-hydrogen) atoms. The van der Waals surface area contributed by atoms with Crippen LogP contribution in [0.25, 0.3) is 0 Å². The van der Waals surface area contributed by atoms with Crippen molar-refractivity contribution in [3.63, 3.8) is 0 Å². The van der Waals surface area contributed by atoms with Crippen LogP contribution in [0, 0.1) is 0 Å². The van der Waals surface area contributed by atoms with E-state index in [2.05, 4.69) is 20.1 Å². The molecule has 0 bridgehead atoms. The van der Waals surface area contributed by atoms with Gasteiger partial charge in [-0.25, -0.2) is 9.67 Å². The van der Waals surface area contributed by atoms with E-state index in [1.807, 2.05) is 13.8 Å². The van der Waals surface area contributed by atoms with Crippen LogP contribution in [-0.4, -0.2) is 47.2 Å². The molecule has 0 aliphatic heterocycles. The number of alkyl halides is 3. The molecule has 1 aromatic heterocycles. The van der Waals surface area contributed by atoms with Gasteiger partial charge in [-0.15, -0.1) is 0 Å². The summed E-state index contributed by atoms with van der Waals surface area (Å²) in [5, 5.41) is 7.00. The van der Waals surface area contributed by atoms with Crippen molar-refractivity contribution in [2.75, 3.05) is 20.3 Å². The maximum Gasteiger partial charge on any atom is 0.411 e. The number of hydrogen-bond donors (Lipinski definition) is 1. The van der Waals surface area contributed by atoms with Crippen LogP contribution >= 0.6 is 0 Å². The highest BCUT2D eigenvalue weighted by molar-refractivity contribution is 4.91. The van der Waals surface area contributed by atoms with E-state index in [9.17, 15) is 13.2 Å². The van der Waals surface area contributed by atoms with Crippen LogP contribution in [0.1, 0.15) is 25.7 Å². The molecule has 0 aliphatic carbocycles. The molecule has 110 valence electrons. The van der Waals surface area contributed by atoms with Gasteiger partial charge in [-0.3, -0.25) is 0 Å². The minimum absolute atomic E-state index is 0.0268. The van der Waals surface area contributed by atoms with Crippen LogP contribution in [-0.2, 0) is 11.2 Å². The standard InChI is InChI=1S/C11H19F3N4O/c1-8(2)18-10(16-7-17-18)4-9(15-3)5-19-6-11(12,13)14/h7-9,15H,4-6H2,1-3H3. The maximum absolute atomic E-state index is 12.0. The molecule has 1 rings (SSSR count). The molecule has 0 amide bonds. The minimum Gasteiger partial charge on any atom is -0.370 e. The van der Waals surface area contributed by atoms with Gasteiger partial charge in [0.25, 0.3) is 0 Å². The van der Waals surface area contributed by atoms with Gasteiger partial charge < -0.3 is 10.1 Å². The summed E-state index contributed by atoms with van der Waals surface area (Å²) < 4.78 is 42.4. The maximum atomic E-state index is 12.0. The lowest BCUT2D eigenvalue weighted by Crippen LogP contribution is -2.35. The van der Waals surface area contributed by atoms with E-state index in [0.29, 0.717) is 6.42 Å². The Balaban J connectivity index is 2.50. The van der Waals surface area contributed by atoms with E-state index in [4.69, 9.17) is 0 Å². The second kappa shape index (κ2) is 6.85. The molecule has 0 spiro atoms. The molecule has 0 saturated carbocycles. The van der Waals surface area contributed by atoms with E-state index in [1.165, 1.54) is 6.33 Å². The first-order valence-electron chi connectivity index (χ1n) is 6.03. The molecule has 0 aliphatic rings. The number of halogens is 3. The first-order valence-corrected chi connectivity index (χ1v) is 6.03. The highest BCUT2D eigenvalue weighted by Crippen LogP contribution is 2.15. The molecule has 0 fully saturated rings. The van der Waals surface area contributed by atoms with Crippen molar-refractivity contribution in [1.29, 1.82) is 0 Å². The van der Waals surface area contributed by atoms with Crippen molar-refractivity contribution in [3.05, 3.63) is 12.2 Å². The zero-order chi connectivity index (χ0) is 14.5. The van der Waals surface area contributed by atoms with Crippen molar-refractivity contribution in [1.82, 2.24) is 20.1 Å². The number of ether oxygens (including phenoxy) is 1. The quantitative estimate of drug-likeness (QED) is 0.823. The molecule has 0 aromatic carbocycles. The number of nitrogens with one attached hydrogen (secondary N) is 1. The average Bonchev–Trinajstić information content (AvgIpc) is 2.74. The Labute approximate surface area is 110 Å². The van der Waals surface area contributed by atoms with E-state index in [0.717, 1.165) is 5.82 Å². The smallest absolute Gasteiger partial charge is 0.370 e. The van der Waals surface area contributed by atoms with Gasteiger partial charge in [0.15, 0.2) is 0 Å². The van der Waals surface area contributed by atoms with Crippen molar-refractivity contribution in [2.45, 2.75) is 38.5 Å². The SMILES string of the molecule is CNC(COCC(F)(F)F)Cc1ncnn1C(C)C. The van der Waals surface area contributed by atoms with Crippen LogP contribution in [0.15, 0.2) is 6.33 Å². The van der Waals surface area contributed by atoms with Crippen LogP contribution in [0.2, 0.25) is 0 Å². The van der Waals surface area contributed by atoms with Crippen molar-refractivity contribution in [2.24, 2.45) is 0 Å². The number of nitrogens with zero attached hydrogens (tertiary/aromatic N) is 3. The fourth-order valence-electron chi connectivity index (χ4n) is 1.63. The monoisotopic (exact) mass is 280 g/mol. The van der Waals surface area contributed by atoms with Gasteiger partial charge in [-0.1, -0.05) is 0 Å². The van der Waals surface area contributed by atoms with Gasteiger partial charge in [0, 0.05) is 18.5 Å². The van der Waals surface area contributed by atoms with E-state index < -0.39 is 12.8 Å². The van der Waals surface area contributed by atoms with Gasteiger partial charge in [0.05, 0.1) is 6.61 Å².